The van der Waals surface area contributed by atoms with E-state index in [1.807, 2.05) is 33.3 Å². The minimum absolute atomic E-state index is 0.0242. The third kappa shape index (κ3) is 28.4. The van der Waals surface area contributed by atoms with Gasteiger partial charge in [-0.2, -0.15) is 0 Å². The number of rotatable bonds is 35. The molecule has 0 N–H and O–H groups in total. The first-order valence-electron chi connectivity index (χ1n) is 21.7. The third-order valence-corrected chi connectivity index (χ3v) is 10.5. The molecule has 0 spiro atoms. The molecule has 0 aliphatic carbocycles. The lowest BCUT2D eigenvalue weighted by molar-refractivity contribution is -0.870. The van der Waals surface area contributed by atoms with Crippen molar-refractivity contribution in [3.63, 3.8) is 0 Å². The first-order valence-corrected chi connectivity index (χ1v) is 23.1. The van der Waals surface area contributed by atoms with E-state index in [1.54, 1.807) is 6.08 Å². The maximum absolute atomic E-state index is 12.7. The molecule has 0 aliphatic rings. The Morgan fingerprint density at radius 1 is 0.707 bits per heavy atom. The smallest absolute Gasteiger partial charge is 0.306 e. The van der Waals surface area contributed by atoms with Crippen LogP contribution in [0.4, 0.5) is 0 Å². The summed E-state index contributed by atoms with van der Waals surface area (Å²) in [7, 11) is 1.00. The van der Waals surface area contributed by atoms with Crippen molar-refractivity contribution in [2.24, 2.45) is 0 Å². The largest absolute Gasteiger partial charge is 0.756 e. The van der Waals surface area contributed by atoms with Gasteiger partial charge in [-0.15, -0.1) is 0 Å². The second-order valence-electron chi connectivity index (χ2n) is 16.0. The zero-order chi connectivity index (χ0) is 43.1. The lowest BCUT2D eigenvalue weighted by Crippen LogP contribution is -2.37. The van der Waals surface area contributed by atoms with E-state index in [0.29, 0.717) is 17.4 Å². The van der Waals surface area contributed by atoms with Crippen molar-refractivity contribution in [2.75, 3.05) is 47.5 Å². The molecule has 0 radical (unpaired) electrons. The molecule has 1 aromatic heterocycles. The van der Waals surface area contributed by atoms with Gasteiger partial charge in [0.1, 0.15) is 31.3 Å². The second kappa shape index (κ2) is 31.8. The quantitative estimate of drug-likeness (QED) is 0.0123. The van der Waals surface area contributed by atoms with Gasteiger partial charge in [0, 0.05) is 32.1 Å². The van der Waals surface area contributed by atoms with E-state index in [2.05, 4.69) is 52.0 Å². The van der Waals surface area contributed by atoms with Crippen LogP contribution in [0.25, 0.3) is 0 Å². The molecule has 0 aliphatic heterocycles. The summed E-state index contributed by atoms with van der Waals surface area (Å²) in [5, 5.41) is 0. The van der Waals surface area contributed by atoms with E-state index in [9.17, 15) is 23.8 Å². The van der Waals surface area contributed by atoms with Gasteiger partial charge in [0.2, 0.25) is 0 Å². The summed E-state index contributed by atoms with van der Waals surface area (Å²) in [4.78, 5) is 49.9. The summed E-state index contributed by atoms with van der Waals surface area (Å²) in [6, 6.07) is 0. The Morgan fingerprint density at radius 2 is 1.34 bits per heavy atom. The molecule has 0 saturated carbocycles. The molecular formula is C46H76NO10P. The standard InChI is InChI=1S/C46H76NO10P/c1-8-10-11-12-13-14-15-16-17-18-19-22-25-30-41(48)31-28-34-45(49)53-37-42(38-55-58(51,52)54-36-35-47(5,6)7)56-46(50)33-27-24-21-20-23-26-32-44-40(4)39(3)43(57-44)29-9-2/h13-14,16-17,19,22,25,30,42H,8-12,15,18,20-21,23-24,26-29,31-38H2,1-7H3/b14-13-,17-16-,22-19-,30-25+/t42-/m1/s1. The summed E-state index contributed by atoms with van der Waals surface area (Å²) >= 11 is 0. The van der Waals surface area contributed by atoms with Crippen LogP contribution < -0.4 is 4.89 Å². The molecule has 11 nitrogen and oxygen atoms in total. The Bertz CT molecular complexity index is 1470. The SMILES string of the molecule is CCCCC/C=C\C/C=C\C/C=C\C=C\C(=O)CCCC(=O)OC[C@H](COP(=O)([O-])OCC[N+](C)(C)C)OC(=O)CCCCCCCCc1oc(CCC)c(C)c1C. The van der Waals surface area contributed by atoms with Crippen LogP contribution in [0.2, 0.25) is 0 Å². The first-order chi connectivity index (χ1) is 27.7. The van der Waals surface area contributed by atoms with Crippen molar-refractivity contribution in [2.45, 2.75) is 156 Å². The molecule has 0 amide bonds. The van der Waals surface area contributed by atoms with Gasteiger partial charge < -0.3 is 32.3 Å². The van der Waals surface area contributed by atoms with E-state index < -0.39 is 32.5 Å². The fourth-order valence-corrected chi connectivity index (χ4v) is 6.56. The van der Waals surface area contributed by atoms with Gasteiger partial charge in [0.15, 0.2) is 11.9 Å². The number of hydrogen-bond acceptors (Lipinski definition) is 10. The minimum Gasteiger partial charge on any atom is -0.756 e. The molecule has 0 fully saturated rings. The number of phosphoric acid groups is 1. The number of hydrogen-bond donors (Lipinski definition) is 0. The predicted octanol–water partition coefficient (Wildman–Crippen LogP) is 10.1. The Balaban J connectivity index is 2.46. The lowest BCUT2D eigenvalue weighted by atomic mass is 10.0. The molecular weight excluding hydrogens is 757 g/mol. The second-order valence-corrected chi connectivity index (χ2v) is 17.4. The van der Waals surface area contributed by atoms with E-state index in [-0.39, 0.29) is 44.7 Å². The predicted molar refractivity (Wildman–Crippen MR) is 230 cm³/mol. The van der Waals surface area contributed by atoms with Crippen molar-refractivity contribution in [1.29, 1.82) is 0 Å². The molecule has 0 saturated heterocycles. The number of likely N-dealkylation sites (N-methyl/N-ethyl adjacent to an activating group) is 1. The summed E-state index contributed by atoms with van der Waals surface area (Å²) < 4.78 is 39.8. The van der Waals surface area contributed by atoms with Gasteiger partial charge in [-0.3, -0.25) is 18.9 Å². The number of esters is 2. The van der Waals surface area contributed by atoms with E-state index in [4.69, 9.17) is 22.9 Å². The number of carbonyl (C=O) groups is 3. The maximum Gasteiger partial charge on any atom is 0.306 e. The van der Waals surface area contributed by atoms with E-state index in [1.165, 1.54) is 36.5 Å². The van der Waals surface area contributed by atoms with Crippen molar-refractivity contribution < 1.29 is 51.3 Å². The lowest BCUT2D eigenvalue weighted by Gasteiger charge is -2.28. The van der Waals surface area contributed by atoms with Crippen LogP contribution >= 0.6 is 7.82 Å². The molecule has 58 heavy (non-hydrogen) atoms. The topological polar surface area (TPSA) is 141 Å². The van der Waals surface area contributed by atoms with Crippen LogP contribution in [0.1, 0.15) is 146 Å². The van der Waals surface area contributed by atoms with Gasteiger partial charge in [0.05, 0.1) is 27.7 Å². The Kier molecular flexibility index (Phi) is 29.0. The van der Waals surface area contributed by atoms with Gasteiger partial charge >= 0.3 is 11.9 Å². The minimum atomic E-state index is -4.70. The number of ether oxygens (including phenoxy) is 2. The van der Waals surface area contributed by atoms with Gasteiger partial charge in [-0.1, -0.05) is 94.9 Å². The summed E-state index contributed by atoms with van der Waals surface area (Å²) in [5.41, 5.74) is 2.54. The number of phosphoric ester groups is 1. The molecule has 330 valence electrons. The normalized spacial score (nSPS) is 13.9. The van der Waals surface area contributed by atoms with Crippen LogP contribution in [0.3, 0.4) is 0 Å². The maximum atomic E-state index is 12.7. The number of quaternary nitrogens is 1. The van der Waals surface area contributed by atoms with Crippen molar-refractivity contribution >= 4 is 25.5 Å². The number of allylic oxidation sites excluding steroid dienone is 8. The molecule has 0 aromatic carbocycles. The highest BCUT2D eigenvalue weighted by molar-refractivity contribution is 7.45. The summed E-state index contributed by atoms with van der Waals surface area (Å²) in [6.07, 6.45) is 30.1. The van der Waals surface area contributed by atoms with Crippen LogP contribution in [0.15, 0.2) is 53.0 Å². The highest BCUT2D eigenvalue weighted by atomic mass is 31.2. The zero-order valence-corrected chi connectivity index (χ0v) is 37.8. The zero-order valence-electron chi connectivity index (χ0n) is 36.9. The number of unbranched alkanes of at least 4 members (excludes halogenated alkanes) is 8. The Labute approximate surface area is 350 Å². The number of carbonyl (C=O) groups excluding carboxylic acids is 3. The molecule has 1 rings (SSSR count). The average molecular weight is 834 g/mol. The van der Waals surface area contributed by atoms with Crippen molar-refractivity contribution in [3.05, 3.63) is 71.3 Å². The number of nitrogens with zero attached hydrogens (tertiary/aromatic N) is 1. The molecule has 1 unspecified atom stereocenters. The Hall–Kier alpha value is -3.08. The third-order valence-electron chi connectivity index (χ3n) is 9.50. The number of ketones is 1. The molecule has 2 atom stereocenters. The van der Waals surface area contributed by atoms with Crippen LogP contribution in [-0.2, 0) is 50.3 Å². The van der Waals surface area contributed by atoms with E-state index in [0.717, 1.165) is 82.1 Å². The molecule has 1 heterocycles. The molecule has 1 aromatic rings. The fraction of sp³-hybridized carbons (Fsp3) is 0.674. The monoisotopic (exact) mass is 834 g/mol. The van der Waals surface area contributed by atoms with Crippen LogP contribution in [0.5, 0.6) is 0 Å². The number of aryl methyl sites for hydroxylation is 2. The van der Waals surface area contributed by atoms with E-state index >= 15 is 0 Å². The number of furan rings is 1. The van der Waals surface area contributed by atoms with Crippen molar-refractivity contribution in [1.82, 2.24) is 0 Å². The molecule has 12 heteroatoms. The van der Waals surface area contributed by atoms with Crippen LogP contribution in [-0.4, -0.2) is 75.8 Å². The summed E-state index contributed by atoms with van der Waals surface area (Å²) in [5.74, 6) is 0.957. The van der Waals surface area contributed by atoms with Crippen LogP contribution in [0, 0.1) is 13.8 Å². The highest BCUT2D eigenvalue weighted by Crippen LogP contribution is 2.38. The first kappa shape index (κ1) is 52.9. The molecule has 0 bridgehead atoms. The average Bonchev–Trinajstić information content (AvgIpc) is 3.42. The van der Waals surface area contributed by atoms with Gasteiger partial charge in [-0.25, -0.2) is 0 Å². The Morgan fingerprint density at radius 3 is 2.03 bits per heavy atom. The fourth-order valence-electron chi connectivity index (χ4n) is 5.83. The summed E-state index contributed by atoms with van der Waals surface area (Å²) in [6.45, 7) is 8.03. The highest BCUT2D eigenvalue weighted by Gasteiger charge is 2.22. The van der Waals surface area contributed by atoms with Gasteiger partial charge in [-0.05, 0) is 82.4 Å². The van der Waals surface area contributed by atoms with Crippen molar-refractivity contribution in [3.8, 4) is 0 Å². The van der Waals surface area contributed by atoms with Gasteiger partial charge in [0.25, 0.3) is 7.82 Å².